The average Bonchev–Trinajstić information content (AvgIpc) is 3.14. The summed E-state index contributed by atoms with van der Waals surface area (Å²) in [5.41, 5.74) is 1.49. The Kier molecular flexibility index (Phi) is 4.93. The first kappa shape index (κ1) is 16.2. The van der Waals surface area contributed by atoms with E-state index >= 15 is 0 Å². The number of nitrogens with one attached hydrogen (secondary N) is 1. The maximum Gasteiger partial charge on any atom is 0.152 e. The molecule has 4 nitrogen and oxygen atoms in total. The molecule has 1 N–H and O–H groups in total. The quantitative estimate of drug-likeness (QED) is 0.737. The van der Waals surface area contributed by atoms with Gasteiger partial charge < -0.3 is 0 Å². The molecule has 1 aromatic heterocycles. The first-order valence-corrected chi connectivity index (χ1v) is 8.15. The molecule has 0 unspecified atom stereocenters. The maximum absolute atomic E-state index is 10.0. The first-order chi connectivity index (χ1) is 11.7. The Bertz CT molecular complexity index is 807. The summed E-state index contributed by atoms with van der Waals surface area (Å²) in [6.07, 6.45) is 3.49. The summed E-state index contributed by atoms with van der Waals surface area (Å²) in [7, 11) is 0. The molecule has 1 heterocycles. The van der Waals surface area contributed by atoms with E-state index in [1.807, 2.05) is 54.6 Å². The van der Waals surface area contributed by atoms with Crippen LogP contribution in [-0.2, 0) is 18.3 Å². The molecular formula is C19H17ClN4. The van der Waals surface area contributed by atoms with Crippen LogP contribution in [0.3, 0.4) is 0 Å². The number of halogens is 1. The van der Waals surface area contributed by atoms with Crippen LogP contribution in [-0.4, -0.2) is 15.2 Å². The predicted molar refractivity (Wildman–Crippen MR) is 93.6 cm³/mol. The fourth-order valence-corrected chi connectivity index (χ4v) is 2.98. The Labute approximate surface area is 146 Å². The molecule has 0 amide bonds. The Morgan fingerprint density at radius 1 is 1.08 bits per heavy atom. The van der Waals surface area contributed by atoms with Crippen LogP contribution >= 0.6 is 11.6 Å². The molecule has 0 bridgehead atoms. The lowest BCUT2D eigenvalue weighted by molar-refractivity contribution is 0.488. The summed E-state index contributed by atoms with van der Waals surface area (Å²) in [6.45, 7) is 0. The number of rotatable bonds is 6. The molecule has 3 aromatic rings. The van der Waals surface area contributed by atoms with Gasteiger partial charge >= 0.3 is 0 Å². The third kappa shape index (κ3) is 3.64. The van der Waals surface area contributed by atoms with Crippen LogP contribution in [0.25, 0.3) is 0 Å². The van der Waals surface area contributed by atoms with Crippen molar-refractivity contribution in [3.05, 3.63) is 82.9 Å². The molecule has 24 heavy (non-hydrogen) atoms. The standard InChI is InChI=1S/C19H17ClN4/c20-17-8-6-15(7-9-17)10-11-19(13-21,12-18-22-14-23-24-18)16-4-2-1-3-5-16/h1-9,14H,10-12H2,(H,22,23,24)/t19-/m1/s1. The molecule has 0 aliphatic rings. The number of aromatic amines is 1. The predicted octanol–water partition coefficient (Wildman–Crippen LogP) is 4.09. The SMILES string of the molecule is N#C[C@@](CCc1ccc(Cl)cc1)(Cc1nc[nH]n1)c1ccccc1. The van der Waals surface area contributed by atoms with Gasteiger partial charge in [0.15, 0.2) is 5.82 Å². The van der Waals surface area contributed by atoms with Crippen molar-refractivity contribution in [3.63, 3.8) is 0 Å². The van der Waals surface area contributed by atoms with Crippen LogP contribution in [0.2, 0.25) is 5.02 Å². The van der Waals surface area contributed by atoms with E-state index in [9.17, 15) is 5.26 Å². The molecule has 0 aliphatic carbocycles. The van der Waals surface area contributed by atoms with E-state index in [4.69, 9.17) is 11.6 Å². The van der Waals surface area contributed by atoms with Gasteiger partial charge in [-0.25, -0.2) is 4.98 Å². The van der Waals surface area contributed by atoms with E-state index in [0.717, 1.165) is 17.5 Å². The minimum Gasteiger partial charge on any atom is -0.266 e. The summed E-state index contributed by atoms with van der Waals surface area (Å²) < 4.78 is 0. The van der Waals surface area contributed by atoms with Crippen molar-refractivity contribution in [1.82, 2.24) is 15.2 Å². The van der Waals surface area contributed by atoms with Crippen molar-refractivity contribution in [2.75, 3.05) is 0 Å². The van der Waals surface area contributed by atoms with E-state index in [1.54, 1.807) is 6.33 Å². The first-order valence-electron chi connectivity index (χ1n) is 7.78. The molecule has 0 aliphatic heterocycles. The van der Waals surface area contributed by atoms with Crippen LogP contribution < -0.4 is 0 Å². The summed E-state index contributed by atoms with van der Waals surface area (Å²) in [5, 5.41) is 17.6. The lowest BCUT2D eigenvalue weighted by atomic mass is 9.74. The zero-order chi connectivity index (χ0) is 16.8. The van der Waals surface area contributed by atoms with Gasteiger partial charge in [-0.15, -0.1) is 0 Å². The van der Waals surface area contributed by atoms with Crippen LogP contribution in [0.15, 0.2) is 60.9 Å². The molecule has 0 saturated carbocycles. The van der Waals surface area contributed by atoms with Gasteiger partial charge in [-0.2, -0.15) is 10.4 Å². The third-order valence-electron chi connectivity index (χ3n) is 4.22. The van der Waals surface area contributed by atoms with E-state index in [1.165, 1.54) is 0 Å². The summed E-state index contributed by atoms with van der Waals surface area (Å²) >= 11 is 5.95. The van der Waals surface area contributed by atoms with Crippen LogP contribution in [0.5, 0.6) is 0 Å². The van der Waals surface area contributed by atoms with Crippen molar-refractivity contribution < 1.29 is 0 Å². The van der Waals surface area contributed by atoms with Gasteiger partial charge in [0.2, 0.25) is 0 Å². The maximum atomic E-state index is 10.0. The highest BCUT2D eigenvalue weighted by Crippen LogP contribution is 2.32. The van der Waals surface area contributed by atoms with Crippen molar-refractivity contribution in [3.8, 4) is 6.07 Å². The molecule has 5 heteroatoms. The van der Waals surface area contributed by atoms with Gasteiger partial charge in [0.05, 0.1) is 11.5 Å². The second-order valence-corrected chi connectivity index (χ2v) is 6.21. The molecule has 0 saturated heterocycles. The lowest BCUT2D eigenvalue weighted by Crippen LogP contribution is -2.28. The smallest absolute Gasteiger partial charge is 0.152 e. The topological polar surface area (TPSA) is 65.4 Å². The lowest BCUT2D eigenvalue weighted by Gasteiger charge is -2.26. The zero-order valence-electron chi connectivity index (χ0n) is 13.1. The molecule has 0 fully saturated rings. The number of aryl methyl sites for hydroxylation is 1. The van der Waals surface area contributed by atoms with Crippen LogP contribution in [0.1, 0.15) is 23.4 Å². The summed E-state index contributed by atoms with van der Waals surface area (Å²) in [4.78, 5) is 4.21. The van der Waals surface area contributed by atoms with E-state index in [0.29, 0.717) is 23.7 Å². The Morgan fingerprint density at radius 3 is 2.46 bits per heavy atom. The molecule has 2 aromatic carbocycles. The zero-order valence-corrected chi connectivity index (χ0v) is 13.9. The van der Waals surface area contributed by atoms with Gasteiger partial charge in [-0.1, -0.05) is 54.1 Å². The molecule has 3 rings (SSSR count). The van der Waals surface area contributed by atoms with Gasteiger partial charge in [0, 0.05) is 11.4 Å². The van der Waals surface area contributed by atoms with Gasteiger partial charge in [-0.3, -0.25) is 5.10 Å². The number of hydrogen-bond acceptors (Lipinski definition) is 3. The van der Waals surface area contributed by atoms with E-state index in [-0.39, 0.29) is 0 Å². The number of benzene rings is 2. The normalized spacial score (nSPS) is 13.2. The summed E-state index contributed by atoms with van der Waals surface area (Å²) in [5.74, 6) is 0.650. The fraction of sp³-hybridized carbons (Fsp3) is 0.211. The second kappa shape index (κ2) is 7.29. The number of nitriles is 1. The molecular weight excluding hydrogens is 320 g/mol. The monoisotopic (exact) mass is 336 g/mol. The van der Waals surface area contributed by atoms with Crippen molar-refractivity contribution >= 4 is 11.6 Å². The van der Waals surface area contributed by atoms with E-state index < -0.39 is 5.41 Å². The second-order valence-electron chi connectivity index (χ2n) is 5.78. The minimum absolute atomic E-state index is 0.477. The third-order valence-corrected chi connectivity index (χ3v) is 4.47. The summed E-state index contributed by atoms with van der Waals surface area (Å²) in [6, 6.07) is 20.2. The van der Waals surface area contributed by atoms with Crippen molar-refractivity contribution in [2.24, 2.45) is 0 Å². The number of H-pyrrole nitrogens is 1. The Morgan fingerprint density at radius 2 is 1.83 bits per heavy atom. The van der Waals surface area contributed by atoms with Crippen molar-refractivity contribution in [1.29, 1.82) is 5.26 Å². The molecule has 120 valence electrons. The van der Waals surface area contributed by atoms with Crippen molar-refractivity contribution in [2.45, 2.75) is 24.7 Å². The minimum atomic E-state index is -0.664. The highest BCUT2D eigenvalue weighted by molar-refractivity contribution is 6.30. The Hall–Kier alpha value is -2.64. The molecule has 1 atom stereocenters. The van der Waals surface area contributed by atoms with E-state index in [2.05, 4.69) is 21.3 Å². The highest BCUT2D eigenvalue weighted by atomic mass is 35.5. The molecule has 0 spiro atoms. The Balaban J connectivity index is 1.89. The van der Waals surface area contributed by atoms with Crippen LogP contribution in [0, 0.1) is 11.3 Å². The number of nitrogens with zero attached hydrogens (tertiary/aromatic N) is 3. The largest absolute Gasteiger partial charge is 0.266 e. The average molecular weight is 337 g/mol. The number of hydrogen-bond donors (Lipinski definition) is 1. The van der Waals surface area contributed by atoms with Gasteiger partial charge in [-0.05, 0) is 36.1 Å². The molecule has 0 radical (unpaired) electrons. The number of aromatic nitrogens is 3. The van der Waals surface area contributed by atoms with Crippen LogP contribution in [0.4, 0.5) is 0 Å². The van der Waals surface area contributed by atoms with Gasteiger partial charge in [0.25, 0.3) is 0 Å². The van der Waals surface area contributed by atoms with Gasteiger partial charge in [0.1, 0.15) is 6.33 Å². The highest BCUT2D eigenvalue weighted by Gasteiger charge is 2.33. The fourth-order valence-electron chi connectivity index (χ4n) is 2.85.